The van der Waals surface area contributed by atoms with Gasteiger partial charge in [-0.25, -0.2) is 0 Å². The summed E-state index contributed by atoms with van der Waals surface area (Å²) < 4.78 is 12.8. The topological polar surface area (TPSA) is 117 Å². The third kappa shape index (κ3) is 3.19. The molecule has 9 nitrogen and oxygen atoms in total. The second-order valence-electron chi connectivity index (χ2n) is 5.99. The summed E-state index contributed by atoms with van der Waals surface area (Å²) in [7, 11) is 1.58. The molecular formula is C17H22N6O3. The maximum absolute atomic E-state index is 12.1. The van der Waals surface area contributed by atoms with Gasteiger partial charge >= 0.3 is 0 Å². The van der Waals surface area contributed by atoms with Crippen LogP contribution in [0, 0.1) is 0 Å². The minimum atomic E-state index is -0.544. The molecule has 138 valence electrons. The molecule has 1 aliphatic rings. The lowest BCUT2D eigenvalue weighted by atomic mass is 9.95. The van der Waals surface area contributed by atoms with E-state index in [4.69, 9.17) is 15.2 Å². The molecule has 0 bridgehead atoms. The Morgan fingerprint density at radius 2 is 2.19 bits per heavy atom. The van der Waals surface area contributed by atoms with E-state index in [1.165, 1.54) is 4.68 Å². The predicted molar refractivity (Wildman–Crippen MR) is 94.9 cm³/mol. The highest BCUT2D eigenvalue weighted by Crippen LogP contribution is 2.38. The van der Waals surface area contributed by atoms with Crippen molar-refractivity contribution in [3.05, 3.63) is 35.0 Å². The van der Waals surface area contributed by atoms with E-state index in [9.17, 15) is 4.79 Å². The minimum Gasteiger partial charge on any atom is -0.493 e. The largest absolute Gasteiger partial charge is 0.493 e. The molecule has 1 unspecified atom stereocenters. The van der Waals surface area contributed by atoms with Crippen molar-refractivity contribution in [2.45, 2.75) is 32.7 Å². The van der Waals surface area contributed by atoms with Crippen LogP contribution in [0.3, 0.4) is 0 Å². The number of hydrogen-bond acceptors (Lipinski definition) is 7. The number of primary amides is 1. The smallest absolute Gasteiger partial charge is 0.248 e. The molecule has 1 amide bonds. The molecule has 0 saturated heterocycles. The molecular weight excluding hydrogens is 336 g/mol. The summed E-state index contributed by atoms with van der Waals surface area (Å²) in [6, 6.07) is 4.96. The van der Waals surface area contributed by atoms with Gasteiger partial charge in [-0.1, -0.05) is 24.5 Å². The van der Waals surface area contributed by atoms with Gasteiger partial charge in [0.25, 0.3) is 0 Å². The Hall–Kier alpha value is -3.10. The molecule has 0 saturated carbocycles. The fraction of sp³-hybridized carbons (Fsp3) is 0.412. The van der Waals surface area contributed by atoms with Gasteiger partial charge in [0.2, 0.25) is 11.9 Å². The number of ether oxygens (including phenoxy) is 2. The number of fused-ring (bicyclic) bond motifs is 1. The van der Waals surface area contributed by atoms with Gasteiger partial charge in [-0.2, -0.15) is 4.68 Å². The Balaban J connectivity index is 2.03. The van der Waals surface area contributed by atoms with Crippen molar-refractivity contribution < 1.29 is 14.3 Å². The number of nitrogens with one attached hydrogen (secondary N) is 1. The molecule has 3 rings (SSSR count). The Labute approximate surface area is 151 Å². The second kappa shape index (κ2) is 7.42. The van der Waals surface area contributed by atoms with Gasteiger partial charge in [0.15, 0.2) is 11.5 Å². The summed E-state index contributed by atoms with van der Waals surface area (Å²) in [5, 5.41) is 14.6. The molecule has 1 aromatic heterocycles. The lowest BCUT2D eigenvalue weighted by molar-refractivity contribution is -0.115. The van der Waals surface area contributed by atoms with Crippen molar-refractivity contribution >= 4 is 11.9 Å². The van der Waals surface area contributed by atoms with Gasteiger partial charge in [-0.15, -0.1) is 0 Å². The average molecular weight is 358 g/mol. The molecule has 1 aromatic carbocycles. The van der Waals surface area contributed by atoms with Gasteiger partial charge in [0.05, 0.1) is 19.3 Å². The van der Waals surface area contributed by atoms with Gasteiger partial charge in [-0.05, 0) is 41.5 Å². The summed E-state index contributed by atoms with van der Waals surface area (Å²) in [5.74, 6) is 1.13. The number of carbonyl (C=O) groups excluding carboxylic acids is 1. The van der Waals surface area contributed by atoms with Crippen LogP contribution < -0.4 is 20.5 Å². The van der Waals surface area contributed by atoms with Crippen LogP contribution in [0.2, 0.25) is 0 Å². The van der Waals surface area contributed by atoms with Gasteiger partial charge in [0, 0.05) is 5.70 Å². The van der Waals surface area contributed by atoms with Crippen LogP contribution in [-0.4, -0.2) is 39.8 Å². The molecule has 26 heavy (non-hydrogen) atoms. The number of unbranched alkanes of at least 4 members (excludes halogenated alkanes) is 1. The number of tetrazole rings is 1. The highest BCUT2D eigenvalue weighted by Gasteiger charge is 2.33. The van der Waals surface area contributed by atoms with Crippen molar-refractivity contribution in [1.82, 2.24) is 20.2 Å². The number of rotatable bonds is 7. The van der Waals surface area contributed by atoms with Crippen LogP contribution in [0.25, 0.3) is 0 Å². The molecule has 0 fully saturated rings. The van der Waals surface area contributed by atoms with Gasteiger partial charge in [0.1, 0.15) is 6.04 Å². The summed E-state index contributed by atoms with van der Waals surface area (Å²) in [5.41, 5.74) is 7.40. The summed E-state index contributed by atoms with van der Waals surface area (Å²) in [4.78, 5) is 12.1. The Morgan fingerprint density at radius 1 is 1.38 bits per heavy atom. The highest BCUT2D eigenvalue weighted by atomic mass is 16.5. The zero-order chi connectivity index (χ0) is 18.7. The first kappa shape index (κ1) is 17.7. The molecule has 3 N–H and O–H groups in total. The molecule has 1 aliphatic heterocycles. The van der Waals surface area contributed by atoms with Crippen molar-refractivity contribution in [2.24, 2.45) is 5.73 Å². The average Bonchev–Trinajstić information content (AvgIpc) is 3.08. The third-order valence-electron chi connectivity index (χ3n) is 4.24. The van der Waals surface area contributed by atoms with Crippen LogP contribution >= 0.6 is 0 Å². The second-order valence-corrected chi connectivity index (χ2v) is 5.99. The van der Waals surface area contributed by atoms with E-state index in [2.05, 4.69) is 27.8 Å². The number of methoxy groups -OCH3 is 1. The molecule has 0 aliphatic carbocycles. The summed E-state index contributed by atoms with van der Waals surface area (Å²) in [6.07, 6.45) is 2.00. The monoisotopic (exact) mass is 358 g/mol. The Bertz CT molecular complexity index is 845. The van der Waals surface area contributed by atoms with Crippen LogP contribution in [0.4, 0.5) is 5.95 Å². The van der Waals surface area contributed by atoms with Crippen LogP contribution in [0.1, 0.15) is 38.3 Å². The summed E-state index contributed by atoms with van der Waals surface area (Å²) >= 11 is 0. The number of amides is 1. The lowest BCUT2D eigenvalue weighted by Crippen LogP contribution is -2.31. The molecule has 0 radical (unpaired) electrons. The van der Waals surface area contributed by atoms with Crippen molar-refractivity contribution in [3.63, 3.8) is 0 Å². The van der Waals surface area contributed by atoms with Crippen LogP contribution in [0.15, 0.2) is 29.5 Å². The van der Waals surface area contributed by atoms with E-state index in [0.29, 0.717) is 35.3 Å². The Morgan fingerprint density at radius 3 is 2.88 bits per heavy atom. The zero-order valence-electron chi connectivity index (χ0n) is 15.0. The number of anilines is 1. The lowest BCUT2D eigenvalue weighted by Gasteiger charge is -2.27. The Kier molecular flexibility index (Phi) is 5.06. The van der Waals surface area contributed by atoms with E-state index < -0.39 is 11.9 Å². The fourth-order valence-electron chi connectivity index (χ4n) is 2.94. The molecule has 1 atom stereocenters. The van der Waals surface area contributed by atoms with E-state index in [-0.39, 0.29) is 0 Å². The number of carbonyl (C=O) groups is 1. The maximum Gasteiger partial charge on any atom is 0.248 e. The molecule has 9 heteroatoms. The SMILES string of the molecule is CCCCOc1ccc(C2C(C(N)=O)=C(C)Nc3nnnn32)cc1OC. The van der Waals surface area contributed by atoms with Crippen molar-refractivity contribution in [1.29, 1.82) is 0 Å². The molecule has 0 spiro atoms. The fourth-order valence-corrected chi connectivity index (χ4v) is 2.94. The zero-order valence-corrected chi connectivity index (χ0v) is 15.0. The van der Waals surface area contributed by atoms with Crippen LogP contribution in [0.5, 0.6) is 11.5 Å². The number of allylic oxidation sites excluding steroid dienone is 1. The van der Waals surface area contributed by atoms with E-state index in [0.717, 1.165) is 18.4 Å². The van der Waals surface area contributed by atoms with Gasteiger partial charge < -0.3 is 20.5 Å². The van der Waals surface area contributed by atoms with E-state index >= 15 is 0 Å². The quantitative estimate of drug-likeness (QED) is 0.722. The standard InChI is InChI=1S/C17H22N6O3/c1-4-5-8-26-12-7-6-11(9-13(12)25-3)15-14(16(18)24)10(2)19-17-20-21-22-23(15)17/h6-7,9,15H,4-5,8H2,1-3H3,(H2,18,24)(H,19,20,22). The summed E-state index contributed by atoms with van der Waals surface area (Å²) in [6.45, 7) is 4.48. The van der Waals surface area contributed by atoms with E-state index in [1.807, 2.05) is 18.2 Å². The number of nitrogens with zero attached hydrogens (tertiary/aromatic N) is 4. The first-order valence-electron chi connectivity index (χ1n) is 8.43. The predicted octanol–water partition coefficient (Wildman–Crippen LogP) is 1.63. The van der Waals surface area contributed by atoms with Gasteiger partial charge in [-0.3, -0.25) is 4.79 Å². The first-order chi connectivity index (χ1) is 12.6. The molecule has 2 aromatic rings. The van der Waals surface area contributed by atoms with Crippen molar-refractivity contribution in [2.75, 3.05) is 19.0 Å². The van der Waals surface area contributed by atoms with Crippen LogP contribution in [-0.2, 0) is 4.79 Å². The first-order valence-corrected chi connectivity index (χ1v) is 8.43. The van der Waals surface area contributed by atoms with E-state index in [1.54, 1.807) is 14.0 Å². The maximum atomic E-state index is 12.1. The number of aromatic nitrogens is 4. The number of benzene rings is 1. The normalized spacial score (nSPS) is 16.0. The third-order valence-corrected chi connectivity index (χ3v) is 4.24. The molecule has 2 heterocycles. The van der Waals surface area contributed by atoms with Crippen molar-refractivity contribution in [3.8, 4) is 11.5 Å². The minimum absolute atomic E-state index is 0.395. The number of hydrogen-bond donors (Lipinski definition) is 2. The number of nitrogens with two attached hydrogens (primary N) is 1. The highest BCUT2D eigenvalue weighted by molar-refractivity contribution is 5.95.